The van der Waals surface area contributed by atoms with Gasteiger partial charge < -0.3 is 10.2 Å². The third-order valence-corrected chi connectivity index (χ3v) is 8.01. The van der Waals surface area contributed by atoms with Gasteiger partial charge in [0.15, 0.2) is 0 Å². The molecule has 4 heteroatoms. The maximum absolute atomic E-state index is 13.0. The number of carbonyl (C=O) groups is 1. The van der Waals surface area contributed by atoms with E-state index in [1.54, 1.807) is 12.1 Å². The van der Waals surface area contributed by atoms with Gasteiger partial charge in [-0.15, -0.1) is 0 Å². The van der Waals surface area contributed by atoms with Crippen LogP contribution in [0, 0.1) is 0 Å². The summed E-state index contributed by atoms with van der Waals surface area (Å²) >= 11 is 6.12. The summed E-state index contributed by atoms with van der Waals surface area (Å²) in [6.45, 7) is 4.62. The molecule has 0 saturated heterocycles. The number of Topliss-reactive ketones (excluding diaryl/α,β-unsaturated/α-hetero) is 1. The largest absolute Gasteiger partial charge is 0.352 e. The third-order valence-electron chi connectivity index (χ3n) is 7.77. The maximum Gasteiger partial charge on any atom is 0.211 e. The van der Waals surface area contributed by atoms with Crippen molar-refractivity contribution in [3.05, 3.63) is 136 Å². The van der Waals surface area contributed by atoms with E-state index in [1.807, 2.05) is 12.1 Å². The molecule has 0 saturated carbocycles. The highest BCUT2D eigenvalue weighted by molar-refractivity contribution is 6.32. The second-order valence-corrected chi connectivity index (χ2v) is 10.9. The van der Waals surface area contributed by atoms with Crippen molar-refractivity contribution in [1.29, 1.82) is 0 Å². The number of nitrogens with zero attached hydrogens (tertiary/aromatic N) is 1. The lowest BCUT2D eigenvalue weighted by Gasteiger charge is -2.42. The standard InChI is InChI=1S/C34H25ClN2O/c1-34(2)27-10-6-7-11-30(27)37(24-8-4-3-5-9-24)31-17-13-22-18-21(12-15-25(22)32(31)34)19-29-33(38)26-20-23(35)14-16-28(26)36-29/h3-20,36H,1-2H3. The summed E-state index contributed by atoms with van der Waals surface area (Å²) in [6.07, 6.45) is 1.92. The molecule has 184 valence electrons. The molecule has 0 fully saturated rings. The molecule has 2 aliphatic heterocycles. The van der Waals surface area contributed by atoms with E-state index in [2.05, 4.69) is 109 Å². The van der Waals surface area contributed by atoms with Gasteiger partial charge in [-0.3, -0.25) is 4.79 Å². The Morgan fingerprint density at radius 1 is 0.816 bits per heavy atom. The lowest BCUT2D eigenvalue weighted by molar-refractivity contribution is 0.104. The van der Waals surface area contributed by atoms with Gasteiger partial charge in [0.05, 0.1) is 17.1 Å². The molecule has 0 radical (unpaired) electrons. The number of anilines is 4. The first-order valence-electron chi connectivity index (χ1n) is 12.8. The number of benzene rings is 5. The number of fused-ring (bicyclic) bond motifs is 5. The quantitative estimate of drug-likeness (QED) is 0.239. The second-order valence-electron chi connectivity index (χ2n) is 10.5. The van der Waals surface area contributed by atoms with Crippen molar-refractivity contribution in [3.8, 4) is 0 Å². The normalized spacial score (nSPS) is 16.2. The van der Waals surface area contributed by atoms with Crippen molar-refractivity contribution in [2.75, 3.05) is 10.2 Å². The summed E-state index contributed by atoms with van der Waals surface area (Å²) in [5, 5.41) is 6.17. The first-order chi connectivity index (χ1) is 18.4. The van der Waals surface area contributed by atoms with Gasteiger partial charge in [-0.1, -0.05) is 80.0 Å². The molecule has 0 amide bonds. The van der Waals surface area contributed by atoms with Crippen LogP contribution in [0.3, 0.4) is 0 Å². The molecule has 0 spiro atoms. The molecule has 0 aromatic heterocycles. The summed E-state index contributed by atoms with van der Waals surface area (Å²) in [4.78, 5) is 15.4. The van der Waals surface area contributed by atoms with Gasteiger partial charge in [0.1, 0.15) is 0 Å². The monoisotopic (exact) mass is 512 g/mol. The molecule has 5 aromatic carbocycles. The Morgan fingerprint density at radius 2 is 1.61 bits per heavy atom. The average Bonchev–Trinajstić information content (AvgIpc) is 3.23. The highest BCUT2D eigenvalue weighted by Gasteiger charge is 2.38. The topological polar surface area (TPSA) is 32.3 Å². The number of nitrogens with one attached hydrogen (secondary N) is 1. The molecule has 5 aromatic rings. The maximum atomic E-state index is 13.0. The van der Waals surface area contributed by atoms with Crippen LogP contribution in [-0.4, -0.2) is 5.78 Å². The van der Waals surface area contributed by atoms with Crippen LogP contribution in [-0.2, 0) is 5.41 Å². The summed E-state index contributed by atoms with van der Waals surface area (Å²) in [5.41, 5.74) is 8.89. The average molecular weight is 513 g/mol. The minimum absolute atomic E-state index is 0.0377. The molecular weight excluding hydrogens is 488 g/mol. The van der Waals surface area contributed by atoms with Crippen LogP contribution < -0.4 is 10.2 Å². The van der Waals surface area contributed by atoms with Gasteiger partial charge in [0, 0.05) is 27.4 Å². The van der Waals surface area contributed by atoms with Crippen LogP contribution in [0.1, 0.15) is 40.9 Å². The highest BCUT2D eigenvalue weighted by atomic mass is 35.5. The van der Waals surface area contributed by atoms with E-state index in [4.69, 9.17) is 11.6 Å². The van der Waals surface area contributed by atoms with Crippen molar-refractivity contribution < 1.29 is 4.79 Å². The number of carbonyl (C=O) groups excluding carboxylic acids is 1. The fourth-order valence-corrected chi connectivity index (χ4v) is 6.19. The van der Waals surface area contributed by atoms with E-state index in [1.165, 1.54) is 27.9 Å². The van der Waals surface area contributed by atoms with Gasteiger partial charge in [0.25, 0.3) is 0 Å². The van der Waals surface area contributed by atoms with E-state index in [9.17, 15) is 4.79 Å². The number of rotatable bonds is 2. The molecule has 0 unspecified atom stereocenters. The smallest absolute Gasteiger partial charge is 0.211 e. The van der Waals surface area contributed by atoms with Crippen molar-refractivity contribution >= 4 is 57.0 Å². The second kappa shape index (κ2) is 8.34. The van der Waals surface area contributed by atoms with Crippen LogP contribution in [0.4, 0.5) is 22.7 Å². The van der Waals surface area contributed by atoms with Crippen LogP contribution in [0.15, 0.2) is 109 Å². The Hall–Kier alpha value is -4.34. The molecule has 3 nitrogen and oxygen atoms in total. The Labute approximate surface area is 227 Å². The first-order valence-corrected chi connectivity index (χ1v) is 13.1. The van der Waals surface area contributed by atoms with E-state index < -0.39 is 0 Å². The SMILES string of the molecule is CC1(C)c2ccccc2N(c2ccccc2)c2ccc3cc(C=C4Nc5ccc(Cl)cc5C4=O)ccc3c21. The summed E-state index contributed by atoms with van der Waals surface area (Å²) in [5.74, 6) is -0.0377. The van der Waals surface area contributed by atoms with Crippen molar-refractivity contribution in [2.45, 2.75) is 19.3 Å². The van der Waals surface area contributed by atoms with Gasteiger partial charge >= 0.3 is 0 Å². The zero-order valence-electron chi connectivity index (χ0n) is 21.1. The van der Waals surface area contributed by atoms with Crippen molar-refractivity contribution in [1.82, 2.24) is 0 Å². The Balaban J connectivity index is 1.38. The lowest BCUT2D eigenvalue weighted by atomic mass is 9.71. The molecule has 38 heavy (non-hydrogen) atoms. The Morgan fingerprint density at radius 3 is 2.45 bits per heavy atom. The number of hydrogen-bond donors (Lipinski definition) is 1. The zero-order chi connectivity index (χ0) is 26.0. The molecule has 0 atom stereocenters. The molecular formula is C34H25ClN2O. The van der Waals surface area contributed by atoms with Crippen LogP contribution in [0.25, 0.3) is 16.8 Å². The molecule has 0 bridgehead atoms. The molecule has 2 aliphatic rings. The van der Waals surface area contributed by atoms with Crippen LogP contribution in [0.5, 0.6) is 0 Å². The van der Waals surface area contributed by atoms with E-state index in [-0.39, 0.29) is 11.2 Å². The number of hydrogen-bond acceptors (Lipinski definition) is 3. The molecule has 0 aliphatic carbocycles. The molecule has 2 heterocycles. The van der Waals surface area contributed by atoms with Gasteiger partial charge in [-0.2, -0.15) is 0 Å². The van der Waals surface area contributed by atoms with Crippen molar-refractivity contribution in [2.24, 2.45) is 0 Å². The van der Waals surface area contributed by atoms with Crippen LogP contribution in [0.2, 0.25) is 5.02 Å². The predicted octanol–water partition coefficient (Wildman–Crippen LogP) is 9.25. The first kappa shape index (κ1) is 22.8. The number of allylic oxidation sites excluding steroid dienone is 1. The van der Waals surface area contributed by atoms with Gasteiger partial charge in [-0.05, 0) is 82.1 Å². The summed E-state index contributed by atoms with van der Waals surface area (Å²) in [6, 6.07) is 35.5. The zero-order valence-corrected chi connectivity index (χ0v) is 21.9. The minimum Gasteiger partial charge on any atom is -0.352 e. The van der Waals surface area contributed by atoms with E-state index in [0.29, 0.717) is 16.3 Å². The number of para-hydroxylation sites is 2. The predicted molar refractivity (Wildman–Crippen MR) is 158 cm³/mol. The summed E-state index contributed by atoms with van der Waals surface area (Å²) < 4.78 is 0. The third kappa shape index (κ3) is 3.39. The minimum atomic E-state index is -0.194. The number of ketones is 1. The Bertz CT molecular complexity index is 1800. The number of halogens is 1. The van der Waals surface area contributed by atoms with Gasteiger partial charge in [-0.25, -0.2) is 0 Å². The van der Waals surface area contributed by atoms with E-state index in [0.717, 1.165) is 22.3 Å². The van der Waals surface area contributed by atoms with Crippen LogP contribution >= 0.6 is 11.6 Å². The summed E-state index contributed by atoms with van der Waals surface area (Å²) in [7, 11) is 0. The Kier molecular flexibility index (Phi) is 5.01. The highest BCUT2D eigenvalue weighted by Crippen LogP contribution is 2.53. The fourth-order valence-electron chi connectivity index (χ4n) is 6.02. The van der Waals surface area contributed by atoms with Crippen molar-refractivity contribution in [3.63, 3.8) is 0 Å². The fraction of sp³-hybridized carbons (Fsp3) is 0.0882. The van der Waals surface area contributed by atoms with Gasteiger partial charge in [0.2, 0.25) is 5.78 Å². The molecule has 1 N–H and O–H groups in total. The lowest BCUT2D eigenvalue weighted by Crippen LogP contribution is -2.30. The van der Waals surface area contributed by atoms with E-state index >= 15 is 0 Å². The molecule has 7 rings (SSSR count).